The number of ether oxygens (including phenoxy) is 1. The third kappa shape index (κ3) is 1.54. The summed E-state index contributed by atoms with van der Waals surface area (Å²) in [5, 5.41) is 0. The van der Waals surface area contributed by atoms with Crippen molar-refractivity contribution in [2.45, 2.75) is 6.42 Å². The van der Waals surface area contributed by atoms with Crippen LogP contribution in [0.15, 0.2) is 18.2 Å². The molecule has 0 saturated carbocycles. The molecular weight excluding hydrogens is 164 g/mol. The molecule has 13 heavy (non-hydrogen) atoms. The van der Waals surface area contributed by atoms with Crippen LogP contribution in [0.5, 0.6) is 5.75 Å². The number of nitrogens with two attached hydrogens (primary N) is 1. The fraction of sp³-hybridized carbons (Fsp3) is 0.400. The van der Waals surface area contributed by atoms with Crippen LogP contribution < -0.4 is 15.4 Å². The van der Waals surface area contributed by atoms with Crippen molar-refractivity contribution in [3.8, 4) is 5.75 Å². The minimum atomic E-state index is 0.758. The van der Waals surface area contributed by atoms with Gasteiger partial charge in [0.25, 0.3) is 0 Å². The van der Waals surface area contributed by atoms with Crippen molar-refractivity contribution < 1.29 is 4.74 Å². The number of hydrogen-bond donors (Lipinski definition) is 1. The van der Waals surface area contributed by atoms with Crippen LogP contribution in [0, 0.1) is 0 Å². The summed E-state index contributed by atoms with van der Waals surface area (Å²) in [6.45, 7) is 1.82. The van der Waals surface area contributed by atoms with Gasteiger partial charge in [-0.25, -0.2) is 0 Å². The Hall–Kier alpha value is -1.38. The number of nitrogens with zero attached hydrogens (tertiary/aromatic N) is 1. The maximum atomic E-state index is 5.68. The van der Waals surface area contributed by atoms with Gasteiger partial charge in [-0.2, -0.15) is 0 Å². The monoisotopic (exact) mass is 178 g/mol. The van der Waals surface area contributed by atoms with E-state index in [2.05, 4.69) is 11.9 Å². The molecule has 3 heteroatoms. The first-order valence-electron chi connectivity index (χ1n) is 4.51. The molecule has 3 nitrogen and oxygen atoms in total. The Morgan fingerprint density at radius 2 is 2.31 bits per heavy atom. The lowest BCUT2D eigenvalue weighted by molar-refractivity contribution is 0.322. The smallest absolute Gasteiger partial charge is 0.144 e. The van der Waals surface area contributed by atoms with E-state index in [1.54, 1.807) is 0 Å². The highest BCUT2D eigenvalue weighted by Gasteiger charge is 2.12. The van der Waals surface area contributed by atoms with Crippen LogP contribution in [0.4, 0.5) is 11.4 Å². The van der Waals surface area contributed by atoms with Crippen LogP contribution in [0.2, 0.25) is 0 Å². The van der Waals surface area contributed by atoms with E-state index in [0.717, 1.165) is 36.7 Å². The standard InChI is InChI=1S/C10H14N2O/c1-12-5-2-6-13-10-7-8(11)3-4-9(10)12/h3-4,7H,2,5-6,11H2,1H3. The van der Waals surface area contributed by atoms with E-state index in [1.165, 1.54) is 0 Å². The molecular formula is C10H14N2O. The zero-order valence-electron chi connectivity index (χ0n) is 7.79. The van der Waals surface area contributed by atoms with E-state index in [-0.39, 0.29) is 0 Å². The third-order valence-corrected chi connectivity index (χ3v) is 2.29. The normalized spacial score (nSPS) is 15.9. The molecule has 2 rings (SSSR count). The molecule has 0 aromatic heterocycles. The molecule has 2 N–H and O–H groups in total. The Kier molecular flexibility index (Phi) is 2.00. The van der Waals surface area contributed by atoms with Crippen molar-refractivity contribution in [3.05, 3.63) is 18.2 Å². The first-order valence-corrected chi connectivity index (χ1v) is 4.51. The second-order valence-corrected chi connectivity index (χ2v) is 3.35. The van der Waals surface area contributed by atoms with Crippen molar-refractivity contribution in [1.29, 1.82) is 0 Å². The van der Waals surface area contributed by atoms with Crippen LogP contribution in [0.3, 0.4) is 0 Å². The second-order valence-electron chi connectivity index (χ2n) is 3.35. The molecule has 0 amide bonds. The number of rotatable bonds is 0. The van der Waals surface area contributed by atoms with Gasteiger partial charge in [-0.1, -0.05) is 0 Å². The van der Waals surface area contributed by atoms with Gasteiger partial charge < -0.3 is 15.4 Å². The van der Waals surface area contributed by atoms with Crippen LogP contribution >= 0.6 is 0 Å². The first kappa shape index (κ1) is 8.23. The topological polar surface area (TPSA) is 38.5 Å². The van der Waals surface area contributed by atoms with Gasteiger partial charge >= 0.3 is 0 Å². The number of anilines is 2. The van der Waals surface area contributed by atoms with Gasteiger partial charge in [-0.05, 0) is 18.6 Å². The third-order valence-electron chi connectivity index (χ3n) is 2.29. The number of hydrogen-bond acceptors (Lipinski definition) is 3. The zero-order chi connectivity index (χ0) is 9.26. The molecule has 0 bridgehead atoms. The molecule has 0 fully saturated rings. The Morgan fingerprint density at radius 1 is 1.46 bits per heavy atom. The molecule has 1 aromatic carbocycles. The second kappa shape index (κ2) is 3.17. The highest BCUT2D eigenvalue weighted by atomic mass is 16.5. The molecule has 0 radical (unpaired) electrons. The lowest BCUT2D eigenvalue weighted by Gasteiger charge is -2.17. The van der Waals surface area contributed by atoms with Crippen LogP contribution in [-0.4, -0.2) is 20.2 Å². The number of benzene rings is 1. The highest BCUT2D eigenvalue weighted by Crippen LogP contribution is 2.31. The molecule has 0 aliphatic carbocycles. The fourth-order valence-corrected chi connectivity index (χ4v) is 1.57. The van der Waals surface area contributed by atoms with Crippen LogP contribution in [0.25, 0.3) is 0 Å². The minimum Gasteiger partial charge on any atom is -0.491 e. The summed E-state index contributed by atoms with van der Waals surface area (Å²) in [7, 11) is 2.07. The van der Waals surface area contributed by atoms with Gasteiger partial charge in [0.2, 0.25) is 0 Å². The van der Waals surface area contributed by atoms with E-state index in [4.69, 9.17) is 10.5 Å². The number of nitrogen functional groups attached to an aromatic ring is 1. The molecule has 1 aromatic rings. The molecule has 0 unspecified atom stereocenters. The molecule has 0 saturated heterocycles. The maximum absolute atomic E-state index is 5.68. The number of fused-ring (bicyclic) bond motifs is 1. The van der Waals surface area contributed by atoms with Gasteiger partial charge in [0.1, 0.15) is 5.75 Å². The lowest BCUT2D eigenvalue weighted by Crippen LogP contribution is -2.17. The molecule has 70 valence electrons. The van der Waals surface area contributed by atoms with Crippen molar-refractivity contribution in [2.75, 3.05) is 30.8 Å². The summed E-state index contributed by atoms with van der Waals surface area (Å²) in [5.74, 6) is 0.903. The van der Waals surface area contributed by atoms with E-state index >= 15 is 0 Å². The molecule has 1 aliphatic rings. The largest absolute Gasteiger partial charge is 0.491 e. The summed E-state index contributed by atoms with van der Waals surface area (Å²) in [6, 6.07) is 5.80. The minimum absolute atomic E-state index is 0.758. The van der Waals surface area contributed by atoms with E-state index in [1.807, 2.05) is 18.2 Å². The summed E-state index contributed by atoms with van der Waals surface area (Å²) in [6.07, 6.45) is 1.06. The SMILES string of the molecule is CN1CCCOc2cc(N)ccc21. The summed E-state index contributed by atoms with van der Waals surface area (Å²) in [5.41, 5.74) is 7.57. The molecule has 1 heterocycles. The van der Waals surface area contributed by atoms with Crippen molar-refractivity contribution >= 4 is 11.4 Å². The quantitative estimate of drug-likeness (QED) is 0.612. The van der Waals surface area contributed by atoms with Gasteiger partial charge in [0.05, 0.1) is 12.3 Å². The zero-order valence-corrected chi connectivity index (χ0v) is 7.79. The Morgan fingerprint density at radius 3 is 3.15 bits per heavy atom. The average Bonchev–Trinajstić information content (AvgIpc) is 2.28. The van der Waals surface area contributed by atoms with Gasteiger partial charge in [-0.15, -0.1) is 0 Å². The molecule has 0 atom stereocenters. The van der Waals surface area contributed by atoms with Gasteiger partial charge in [0, 0.05) is 25.3 Å². The van der Waals surface area contributed by atoms with E-state index in [9.17, 15) is 0 Å². The van der Waals surface area contributed by atoms with Crippen molar-refractivity contribution in [1.82, 2.24) is 0 Å². The molecule has 0 spiro atoms. The van der Waals surface area contributed by atoms with Crippen molar-refractivity contribution in [3.63, 3.8) is 0 Å². The van der Waals surface area contributed by atoms with Gasteiger partial charge in [0.15, 0.2) is 0 Å². The predicted octanol–water partition coefficient (Wildman–Crippen LogP) is 1.49. The summed E-state index contributed by atoms with van der Waals surface area (Å²) in [4.78, 5) is 2.20. The Labute approximate surface area is 78.1 Å². The van der Waals surface area contributed by atoms with Gasteiger partial charge in [-0.3, -0.25) is 0 Å². The maximum Gasteiger partial charge on any atom is 0.144 e. The summed E-state index contributed by atoms with van der Waals surface area (Å²) < 4.78 is 5.58. The Balaban J connectivity index is 2.42. The van der Waals surface area contributed by atoms with E-state index < -0.39 is 0 Å². The van der Waals surface area contributed by atoms with E-state index in [0.29, 0.717) is 0 Å². The first-order chi connectivity index (χ1) is 6.27. The van der Waals surface area contributed by atoms with Crippen LogP contribution in [0.1, 0.15) is 6.42 Å². The lowest BCUT2D eigenvalue weighted by atomic mass is 10.2. The predicted molar refractivity (Wildman–Crippen MR) is 54.2 cm³/mol. The average molecular weight is 178 g/mol. The fourth-order valence-electron chi connectivity index (χ4n) is 1.57. The molecule has 1 aliphatic heterocycles. The highest BCUT2D eigenvalue weighted by molar-refractivity contribution is 5.63. The van der Waals surface area contributed by atoms with Crippen LogP contribution in [-0.2, 0) is 0 Å². The summed E-state index contributed by atoms with van der Waals surface area (Å²) >= 11 is 0. The van der Waals surface area contributed by atoms with Crippen molar-refractivity contribution in [2.24, 2.45) is 0 Å². The Bertz CT molecular complexity index is 312.